The highest BCUT2D eigenvalue weighted by Crippen LogP contribution is 2.14. The number of aryl methyl sites for hydroxylation is 1. The zero-order valence-corrected chi connectivity index (χ0v) is 12.2. The van der Waals surface area contributed by atoms with Gasteiger partial charge in [0.1, 0.15) is 5.84 Å². The van der Waals surface area contributed by atoms with Crippen LogP contribution in [0.5, 0.6) is 0 Å². The highest BCUT2D eigenvalue weighted by Gasteiger charge is 2.08. The second kappa shape index (κ2) is 7.33. The van der Waals surface area contributed by atoms with Crippen molar-refractivity contribution >= 4 is 11.5 Å². The number of hydrogen-bond donors (Lipinski definition) is 2. The molecule has 2 rings (SSSR count). The average Bonchev–Trinajstić information content (AvgIpc) is 2.93. The normalized spacial score (nSPS) is 11.6. The number of benzene rings is 1. The molecule has 0 saturated carbocycles. The Bertz CT molecular complexity index is 579. The summed E-state index contributed by atoms with van der Waals surface area (Å²) in [6, 6.07) is 10.1. The number of nitrogens with zero attached hydrogens (tertiary/aromatic N) is 4. The van der Waals surface area contributed by atoms with Gasteiger partial charge in [0.2, 0.25) is 0 Å². The van der Waals surface area contributed by atoms with E-state index in [1.165, 1.54) is 5.56 Å². The van der Waals surface area contributed by atoms with Gasteiger partial charge in [-0.3, -0.25) is 4.68 Å². The standard InChI is InChI=1S/C15H21N5O/c1-19-12-13(11-17-19)7-9-20(10-8-15(16)18-21)14-5-3-2-4-6-14/h2-6,11-12,21H,7-10H2,1H3,(H2,16,18). The van der Waals surface area contributed by atoms with Crippen molar-refractivity contribution in [3.05, 3.63) is 48.3 Å². The van der Waals surface area contributed by atoms with E-state index in [9.17, 15) is 0 Å². The second-order valence-electron chi connectivity index (χ2n) is 4.94. The van der Waals surface area contributed by atoms with Crippen molar-refractivity contribution in [3.8, 4) is 0 Å². The van der Waals surface area contributed by atoms with Crippen molar-refractivity contribution in [2.75, 3.05) is 18.0 Å². The van der Waals surface area contributed by atoms with Crippen LogP contribution in [0.3, 0.4) is 0 Å². The molecule has 2 aromatic rings. The van der Waals surface area contributed by atoms with Gasteiger partial charge in [-0.15, -0.1) is 0 Å². The molecule has 0 unspecified atom stereocenters. The maximum Gasteiger partial charge on any atom is 0.140 e. The van der Waals surface area contributed by atoms with Crippen LogP contribution in [-0.4, -0.2) is 33.9 Å². The Morgan fingerprint density at radius 2 is 2.10 bits per heavy atom. The average molecular weight is 287 g/mol. The number of hydrogen-bond acceptors (Lipinski definition) is 4. The number of nitrogens with two attached hydrogens (primary N) is 1. The maximum absolute atomic E-state index is 8.66. The highest BCUT2D eigenvalue weighted by atomic mass is 16.4. The zero-order valence-electron chi connectivity index (χ0n) is 12.2. The Labute approximate surface area is 124 Å². The van der Waals surface area contributed by atoms with Crippen LogP contribution >= 0.6 is 0 Å². The molecule has 0 fully saturated rings. The molecule has 6 heteroatoms. The minimum atomic E-state index is 0.248. The van der Waals surface area contributed by atoms with E-state index in [2.05, 4.69) is 27.3 Å². The Hall–Kier alpha value is -2.50. The molecule has 6 nitrogen and oxygen atoms in total. The summed E-state index contributed by atoms with van der Waals surface area (Å²) < 4.78 is 1.80. The lowest BCUT2D eigenvalue weighted by molar-refractivity contribution is 0.317. The largest absolute Gasteiger partial charge is 0.409 e. The van der Waals surface area contributed by atoms with Gasteiger partial charge in [-0.05, 0) is 24.1 Å². The fourth-order valence-corrected chi connectivity index (χ4v) is 2.17. The van der Waals surface area contributed by atoms with E-state index in [1.54, 1.807) is 4.68 Å². The van der Waals surface area contributed by atoms with Crippen LogP contribution in [-0.2, 0) is 13.5 Å². The molecule has 1 heterocycles. The van der Waals surface area contributed by atoms with Gasteiger partial charge in [0.15, 0.2) is 0 Å². The van der Waals surface area contributed by atoms with Crippen molar-refractivity contribution < 1.29 is 5.21 Å². The van der Waals surface area contributed by atoms with Crippen LogP contribution in [0, 0.1) is 0 Å². The highest BCUT2D eigenvalue weighted by molar-refractivity contribution is 5.80. The molecule has 112 valence electrons. The van der Waals surface area contributed by atoms with E-state index in [0.29, 0.717) is 13.0 Å². The monoisotopic (exact) mass is 287 g/mol. The van der Waals surface area contributed by atoms with Gasteiger partial charge in [0.05, 0.1) is 6.20 Å². The Balaban J connectivity index is 2.01. The van der Waals surface area contributed by atoms with E-state index in [4.69, 9.17) is 10.9 Å². The minimum Gasteiger partial charge on any atom is -0.409 e. The summed E-state index contributed by atoms with van der Waals surface area (Å²) in [5.74, 6) is 0.248. The fraction of sp³-hybridized carbons (Fsp3) is 0.333. The van der Waals surface area contributed by atoms with Crippen LogP contribution in [0.25, 0.3) is 0 Å². The molecule has 21 heavy (non-hydrogen) atoms. The van der Waals surface area contributed by atoms with Gasteiger partial charge < -0.3 is 15.8 Å². The van der Waals surface area contributed by atoms with Gasteiger partial charge in [0, 0.05) is 38.4 Å². The van der Waals surface area contributed by atoms with E-state index < -0.39 is 0 Å². The minimum absolute atomic E-state index is 0.248. The van der Waals surface area contributed by atoms with Crippen molar-refractivity contribution in [3.63, 3.8) is 0 Å². The van der Waals surface area contributed by atoms with Gasteiger partial charge in [-0.1, -0.05) is 23.4 Å². The summed E-state index contributed by atoms with van der Waals surface area (Å²) >= 11 is 0. The number of anilines is 1. The number of rotatable bonds is 7. The van der Waals surface area contributed by atoms with Gasteiger partial charge in [-0.2, -0.15) is 5.10 Å². The Morgan fingerprint density at radius 1 is 1.33 bits per heavy atom. The summed E-state index contributed by atoms with van der Waals surface area (Å²) in [5, 5.41) is 15.9. The first kappa shape index (κ1) is 14.9. The van der Waals surface area contributed by atoms with Gasteiger partial charge >= 0.3 is 0 Å². The van der Waals surface area contributed by atoms with Crippen LogP contribution in [0.15, 0.2) is 47.9 Å². The van der Waals surface area contributed by atoms with E-state index >= 15 is 0 Å². The number of para-hydroxylation sites is 1. The SMILES string of the molecule is Cn1cc(CCN(CC/C(N)=N/O)c2ccccc2)cn1. The topological polar surface area (TPSA) is 79.7 Å². The van der Waals surface area contributed by atoms with E-state index in [0.717, 1.165) is 18.7 Å². The summed E-state index contributed by atoms with van der Waals surface area (Å²) in [4.78, 5) is 2.23. The summed E-state index contributed by atoms with van der Waals surface area (Å²) in [6.07, 6.45) is 5.33. The molecule has 1 aromatic heterocycles. The molecule has 0 spiro atoms. The molecule has 0 aliphatic carbocycles. The molecule has 0 bridgehead atoms. The zero-order chi connectivity index (χ0) is 15.1. The predicted octanol–water partition coefficient (Wildman–Crippen LogP) is 1.61. The Kier molecular flexibility index (Phi) is 5.20. The third-order valence-corrected chi connectivity index (χ3v) is 3.32. The molecule has 3 N–H and O–H groups in total. The van der Waals surface area contributed by atoms with Crippen LogP contribution in [0.4, 0.5) is 5.69 Å². The van der Waals surface area contributed by atoms with Crippen LogP contribution in [0.2, 0.25) is 0 Å². The van der Waals surface area contributed by atoms with Gasteiger partial charge in [-0.25, -0.2) is 0 Å². The van der Waals surface area contributed by atoms with Crippen molar-refractivity contribution in [1.82, 2.24) is 9.78 Å². The second-order valence-corrected chi connectivity index (χ2v) is 4.94. The number of aromatic nitrogens is 2. The summed E-state index contributed by atoms with van der Waals surface area (Å²) in [5.41, 5.74) is 7.90. The first-order valence-corrected chi connectivity index (χ1v) is 6.93. The molecule has 0 amide bonds. The lowest BCUT2D eigenvalue weighted by Gasteiger charge is -2.24. The summed E-state index contributed by atoms with van der Waals surface area (Å²) in [7, 11) is 1.91. The quantitative estimate of drug-likeness (QED) is 0.351. The number of amidine groups is 1. The molecule has 1 aromatic carbocycles. The van der Waals surface area contributed by atoms with Crippen LogP contribution < -0.4 is 10.6 Å². The van der Waals surface area contributed by atoms with E-state index in [1.807, 2.05) is 37.6 Å². The lowest BCUT2D eigenvalue weighted by atomic mass is 10.2. The smallest absolute Gasteiger partial charge is 0.140 e. The summed E-state index contributed by atoms with van der Waals surface area (Å²) in [6.45, 7) is 1.56. The molecular weight excluding hydrogens is 266 g/mol. The third kappa shape index (κ3) is 4.52. The van der Waals surface area contributed by atoms with Crippen molar-refractivity contribution in [2.24, 2.45) is 17.9 Å². The van der Waals surface area contributed by atoms with Crippen molar-refractivity contribution in [1.29, 1.82) is 0 Å². The molecular formula is C15H21N5O. The Morgan fingerprint density at radius 3 is 2.71 bits per heavy atom. The molecule has 0 radical (unpaired) electrons. The molecule has 0 atom stereocenters. The van der Waals surface area contributed by atoms with E-state index in [-0.39, 0.29) is 5.84 Å². The first-order chi connectivity index (χ1) is 10.2. The predicted molar refractivity (Wildman–Crippen MR) is 83.6 cm³/mol. The van der Waals surface area contributed by atoms with Crippen LogP contribution in [0.1, 0.15) is 12.0 Å². The maximum atomic E-state index is 8.66. The van der Waals surface area contributed by atoms with Gasteiger partial charge in [0.25, 0.3) is 0 Å². The molecule has 0 aliphatic rings. The van der Waals surface area contributed by atoms with Crippen molar-refractivity contribution in [2.45, 2.75) is 12.8 Å². The third-order valence-electron chi connectivity index (χ3n) is 3.32. The molecule has 0 saturated heterocycles. The molecule has 0 aliphatic heterocycles. The lowest BCUT2D eigenvalue weighted by Crippen LogP contribution is -2.30. The first-order valence-electron chi connectivity index (χ1n) is 6.93. The number of oxime groups is 1. The fourth-order valence-electron chi connectivity index (χ4n) is 2.17.